The van der Waals surface area contributed by atoms with Crippen LogP contribution in [-0.4, -0.2) is 11.2 Å². The molecule has 6 rings (SSSR count). The van der Waals surface area contributed by atoms with E-state index in [1.54, 1.807) is 11.3 Å². The number of rotatable bonds is 9. The number of hydrogen-bond donors (Lipinski definition) is 0. The van der Waals surface area contributed by atoms with Crippen LogP contribution in [-0.2, 0) is 6.42 Å². The summed E-state index contributed by atoms with van der Waals surface area (Å²) in [5, 5.41) is 12.3. The predicted molar refractivity (Wildman–Crippen MR) is 166 cm³/mol. The molecule has 5 heteroatoms. The molecule has 2 atom stereocenters. The van der Waals surface area contributed by atoms with Crippen molar-refractivity contribution in [2.45, 2.75) is 37.6 Å². The number of thiazole rings is 1. The second kappa shape index (κ2) is 11.2. The molecule has 0 spiro atoms. The van der Waals surface area contributed by atoms with Crippen molar-refractivity contribution < 1.29 is 0 Å². The second-order valence-electron chi connectivity index (χ2n) is 9.74. The topological polar surface area (TPSA) is 49.0 Å². The standard InChI is InChI=1S/C33H26IN3S/c34-31-16-22(12-15-29(31)32-19-37-32)6-1-3-10-27(33-20-36-21-38-33)24-13-14-25(18-35)30(17-24)28-11-5-8-23-7-2-4-9-26(23)28/h2,4-5,7-9,11-17,19-21,27,32H,1,3,6,10H2. The predicted octanol–water partition coefficient (Wildman–Crippen LogP) is 9.11. The van der Waals surface area contributed by atoms with E-state index in [2.05, 4.69) is 111 Å². The van der Waals surface area contributed by atoms with Crippen molar-refractivity contribution in [3.8, 4) is 17.2 Å². The van der Waals surface area contributed by atoms with Gasteiger partial charge in [0.05, 0.1) is 17.1 Å². The minimum Gasteiger partial charge on any atom is -0.281 e. The average molecular weight is 624 g/mol. The van der Waals surface area contributed by atoms with Crippen molar-refractivity contribution >= 4 is 50.9 Å². The van der Waals surface area contributed by atoms with Gasteiger partial charge in [0.25, 0.3) is 0 Å². The molecule has 3 nitrogen and oxygen atoms in total. The lowest BCUT2D eigenvalue weighted by atomic mass is 9.87. The number of fused-ring (bicyclic) bond motifs is 1. The van der Waals surface area contributed by atoms with Gasteiger partial charge in [0.15, 0.2) is 0 Å². The third-order valence-corrected chi connectivity index (χ3v) is 9.15. The molecule has 2 unspecified atom stereocenters. The van der Waals surface area contributed by atoms with Gasteiger partial charge in [-0.25, -0.2) is 0 Å². The number of nitrogens with zero attached hydrogens (tertiary/aromatic N) is 3. The molecule has 0 aliphatic carbocycles. The zero-order chi connectivity index (χ0) is 25.9. The van der Waals surface area contributed by atoms with E-state index in [0.717, 1.165) is 36.8 Å². The fourth-order valence-electron chi connectivity index (χ4n) is 5.28. The van der Waals surface area contributed by atoms with Crippen LogP contribution in [0.1, 0.15) is 58.4 Å². The Kier molecular flexibility index (Phi) is 7.35. The number of benzene rings is 4. The number of aryl methyl sites for hydroxylation is 1. The largest absolute Gasteiger partial charge is 0.281 e. The summed E-state index contributed by atoms with van der Waals surface area (Å²) in [6.45, 7) is 0. The van der Waals surface area contributed by atoms with Gasteiger partial charge in [0.1, 0.15) is 6.04 Å². The van der Waals surface area contributed by atoms with Gasteiger partial charge in [-0.15, -0.1) is 11.3 Å². The van der Waals surface area contributed by atoms with Crippen LogP contribution in [0.5, 0.6) is 0 Å². The normalized spacial score (nSPS) is 14.9. The number of hydrogen-bond acceptors (Lipinski definition) is 4. The summed E-state index contributed by atoms with van der Waals surface area (Å²) in [6, 6.07) is 30.7. The number of unbranched alkanes of at least 4 members (excludes halogenated alkanes) is 1. The first kappa shape index (κ1) is 25.0. The number of aromatic nitrogens is 1. The van der Waals surface area contributed by atoms with Crippen molar-refractivity contribution in [3.05, 3.63) is 121 Å². The third kappa shape index (κ3) is 5.29. The van der Waals surface area contributed by atoms with Crippen molar-refractivity contribution in [3.63, 3.8) is 0 Å². The van der Waals surface area contributed by atoms with Crippen LogP contribution in [0.25, 0.3) is 21.9 Å². The first-order valence-electron chi connectivity index (χ1n) is 12.9. The van der Waals surface area contributed by atoms with Crippen LogP contribution in [0.15, 0.2) is 95.6 Å². The highest BCUT2D eigenvalue weighted by atomic mass is 127. The molecular formula is C33H26IN3S. The van der Waals surface area contributed by atoms with Crippen LogP contribution in [0.3, 0.4) is 0 Å². The Bertz CT molecular complexity index is 1650. The van der Waals surface area contributed by atoms with Crippen LogP contribution >= 0.6 is 33.9 Å². The van der Waals surface area contributed by atoms with Gasteiger partial charge in [0.2, 0.25) is 0 Å². The van der Waals surface area contributed by atoms with E-state index in [1.165, 1.54) is 35.9 Å². The Balaban J connectivity index is 1.24. The first-order chi connectivity index (χ1) is 18.7. The molecule has 2 heterocycles. The lowest BCUT2D eigenvalue weighted by Gasteiger charge is -2.18. The number of aliphatic imine (C=N–C) groups is 1. The molecule has 0 amide bonds. The summed E-state index contributed by atoms with van der Waals surface area (Å²) < 4.78 is 1.31. The molecule has 0 radical (unpaired) electrons. The average Bonchev–Trinajstić information content (AvgIpc) is 3.65. The van der Waals surface area contributed by atoms with Crippen molar-refractivity contribution in [2.75, 3.05) is 0 Å². The number of nitriles is 1. The summed E-state index contributed by atoms with van der Waals surface area (Å²) in [7, 11) is 0. The zero-order valence-corrected chi connectivity index (χ0v) is 23.8. The van der Waals surface area contributed by atoms with Crippen LogP contribution in [0, 0.1) is 14.9 Å². The van der Waals surface area contributed by atoms with E-state index in [4.69, 9.17) is 0 Å². The van der Waals surface area contributed by atoms with E-state index < -0.39 is 0 Å². The molecule has 0 N–H and O–H groups in total. The van der Waals surface area contributed by atoms with E-state index >= 15 is 0 Å². The molecule has 0 fully saturated rings. The molecule has 186 valence electrons. The fraction of sp³-hybridized carbons (Fsp3) is 0.182. The molecular weight excluding hydrogens is 597 g/mol. The SMILES string of the molecule is N#Cc1ccc(C(CCCCc2ccc(C3C=N3)c(I)c2)c2cncs2)cc1-c1cccc2ccccc12. The quantitative estimate of drug-likeness (QED) is 0.122. The summed E-state index contributed by atoms with van der Waals surface area (Å²) >= 11 is 4.16. The maximum Gasteiger partial charge on any atom is 0.110 e. The van der Waals surface area contributed by atoms with E-state index in [0.29, 0.717) is 11.6 Å². The van der Waals surface area contributed by atoms with Crippen LogP contribution < -0.4 is 0 Å². The summed E-state index contributed by atoms with van der Waals surface area (Å²) in [5.41, 5.74) is 8.71. The van der Waals surface area contributed by atoms with Gasteiger partial charge in [-0.05, 0) is 93.1 Å². The first-order valence-corrected chi connectivity index (χ1v) is 14.9. The van der Waals surface area contributed by atoms with Crippen molar-refractivity contribution in [1.29, 1.82) is 5.26 Å². The van der Waals surface area contributed by atoms with Gasteiger partial charge >= 0.3 is 0 Å². The maximum absolute atomic E-state index is 9.95. The van der Waals surface area contributed by atoms with Crippen LogP contribution in [0.2, 0.25) is 0 Å². The van der Waals surface area contributed by atoms with E-state index in [-0.39, 0.29) is 5.92 Å². The summed E-state index contributed by atoms with van der Waals surface area (Å²) in [6.07, 6.45) is 8.39. The third-order valence-electron chi connectivity index (χ3n) is 7.33. The van der Waals surface area contributed by atoms with Gasteiger partial charge in [-0.1, -0.05) is 67.1 Å². The minimum atomic E-state index is 0.262. The molecule has 38 heavy (non-hydrogen) atoms. The van der Waals surface area contributed by atoms with Gasteiger partial charge in [0, 0.05) is 32.3 Å². The Morgan fingerprint density at radius 1 is 0.947 bits per heavy atom. The van der Waals surface area contributed by atoms with Crippen LogP contribution in [0.4, 0.5) is 0 Å². The highest BCUT2D eigenvalue weighted by Gasteiger charge is 2.20. The highest BCUT2D eigenvalue weighted by molar-refractivity contribution is 14.1. The smallest absolute Gasteiger partial charge is 0.110 e. The Morgan fingerprint density at radius 2 is 1.82 bits per heavy atom. The van der Waals surface area contributed by atoms with Gasteiger partial charge in [-0.3, -0.25) is 9.98 Å². The molecule has 0 saturated carbocycles. The molecule has 5 aromatic rings. The Labute approximate surface area is 241 Å². The van der Waals surface area contributed by atoms with Gasteiger partial charge in [-0.2, -0.15) is 5.26 Å². The minimum absolute atomic E-state index is 0.262. The monoisotopic (exact) mass is 623 g/mol. The van der Waals surface area contributed by atoms with Crippen molar-refractivity contribution in [2.24, 2.45) is 4.99 Å². The molecule has 1 aliphatic heterocycles. The summed E-state index contributed by atoms with van der Waals surface area (Å²) in [4.78, 5) is 9.98. The second-order valence-corrected chi connectivity index (χ2v) is 11.8. The molecule has 0 bridgehead atoms. The summed E-state index contributed by atoms with van der Waals surface area (Å²) in [5.74, 6) is 0.262. The highest BCUT2D eigenvalue weighted by Crippen LogP contribution is 2.38. The fourth-order valence-corrected chi connectivity index (χ4v) is 6.96. The molecule has 4 aromatic carbocycles. The molecule has 1 aliphatic rings. The Hall–Kier alpha value is -3.34. The molecule has 1 aromatic heterocycles. The van der Waals surface area contributed by atoms with E-state index in [1.807, 2.05) is 24.0 Å². The zero-order valence-electron chi connectivity index (χ0n) is 20.8. The maximum atomic E-state index is 9.95. The molecule has 0 saturated heterocycles. The lowest BCUT2D eigenvalue weighted by Crippen LogP contribution is -2.02. The lowest BCUT2D eigenvalue weighted by molar-refractivity contribution is 0.631. The van der Waals surface area contributed by atoms with Gasteiger partial charge < -0.3 is 0 Å². The Morgan fingerprint density at radius 3 is 2.61 bits per heavy atom. The van der Waals surface area contributed by atoms with Crippen molar-refractivity contribution in [1.82, 2.24) is 4.98 Å². The number of halogens is 1. The van der Waals surface area contributed by atoms with E-state index in [9.17, 15) is 5.26 Å².